The number of nitrogens with one attached hydrogen (secondary N) is 1. The molecule has 108 valence electrons. The van der Waals surface area contributed by atoms with Crippen LogP contribution in [-0.4, -0.2) is 26.1 Å². The molecule has 1 atom stereocenters. The smallest absolute Gasteiger partial charge is 0.125 e. The molecule has 0 aliphatic heterocycles. The Hall–Kier alpha value is -1.75. The van der Waals surface area contributed by atoms with Crippen LogP contribution in [0, 0.1) is 6.92 Å². The average Bonchev–Trinajstić information content (AvgIpc) is 2.84. The second-order valence-corrected chi connectivity index (χ2v) is 5.03. The molecule has 5 heteroatoms. The van der Waals surface area contributed by atoms with Crippen molar-refractivity contribution in [2.75, 3.05) is 6.54 Å². The summed E-state index contributed by atoms with van der Waals surface area (Å²) in [4.78, 5) is 13.1. The molecule has 2 aromatic rings. The van der Waals surface area contributed by atoms with Gasteiger partial charge < -0.3 is 9.88 Å². The minimum atomic E-state index is 0.258. The van der Waals surface area contributed by atoms with Crippen LogP contribution in [0.4, 0.5) is 0 Å². The van der Waals surface area contributed by atoms with Gasteiger partial charge in [-0.25, -0.2) is 15.0 Å². The van der Waals surface area contributed by atoms with E-state index in [1.165, 1.54) is 0 Å². The van der Waals surface area contributed by atoms with Gasteiger partial charge in [-0.05, 0) is 32.4 Å². The Labute approximate surface area is 120 Å². The van der Waals surface area contributed by atoms with E-state index in [0.717, 1.165) is 43.1 Å². The zero-order valence-electron chi connectivity index (χ0n) is 12.5. The SMILES string of the molecule is CCCNC(CCc1nccn1C)c1ccnc(C)n1. The molecule has 0 radical (unpaired) electrons. The van der Waals surface area contributed by atoms with Crippen LogP contribution in [0.2, 0.25) is 0 Å². The second-order valence-electron chi connectivity index (χ2n) is 5.03. The summed E-state index contributed by atoms with van der Waals surface area (Å²) < 4.78 is 2.07. The van der Waals surface area contributed by atoms with Crippen molar-refractivity contribution in [3.8, 4) is 0 Å². The zero-order chi connectivity index (χ0) is 14.4. The molecule has 0 spiro atoms. The van der Waals surface area contributed by atoms with E-state index < -0.39 is 0 Å². The number of imidazole rings is 1. The van der Waals surface area contributed by atoms with Crippen LogP contribution in [0.3, 0.4) is 0 Å². The first kappa shape index (κ1) is 14.7. The van der Waals surface area contributed by atoms with E-state index in [1.54, 1.807) is 0 Å². The Balaban J connectivity index is 2.05. The van der Waals surface area contributed by atoms with Crippen molar-refractivity contribution in [1.29, 1.82) is 0 Å². The molecular weight excluding hydrogens is 250 g/mol. The molecule has 5 nitrogen and oxygen atoms in total. The van der Waals surface area contributed by atoms with Gasteiger partial charge in [0.2, 0.25) is 0 Å². The fourth-order valence-corrected chi connectivity index (χ4v) is 2.25. The van der Waals surface area contributed by atoms with Crippen molar-refractivity contribution in [2.24, 2.45) is 7.05 Å². The minimum Gasteiger partial charge on any atom is -0.338 e. The highest BCUT2D eigenvalue weighted by Crippen LogP contribution is 2.16. The molecule has 1 unspecified atom stereocenters. The molecule has 0 saturated carbocycles. The van der Waals surface area contributed by atoms with Crippen LogP contribution in [0.25, 0.3) is 0 Å². The molecule has 2 heterocycles. The quantitative estimate of drug-likeness (QED) is 0.840. The first-order valence-corrected chi connectivity index (χ1v) is 7.19. The van der Waals surface area contributed by atoms with Crippen molar-refractivity contribution < 1.29 is 0 Å². The van der Waals surface area contributed by atoms with Crippen molar-refractivity contribution in [3.05, 3.63) is 42.0 Å². The third kappa shape index (κ3) is 3.87. The van der Waals surface area contributed by atoms with Gasteiger partial charge in [0.25, 0.3) is 0 Å². The Morgan fingerprint density at radius 3 is 2.80 bits per heavy atom. The number of aromatic nitrogens is 4. The van der Waals surface area contributed by atoms with Crippen molar-refractivity contribution in [2.45, 2.75) is 39.2 Å². The lowest BCUT2D eigenvalue weighted by Gasteiger charge is -2.18. The topological polar surface area (TPSA) is 55.6 Å². The van der Waals surface area contributed by atoms with Crippen molar-refractivity contribution in [3.63, 3.8) is 0 Å². The normalized spacial score (nSPS) is 12.6. The maximum Gasteiger partial charge on any atom is 0.125 e. The third-order valence-electron chi connectivity index (χ3n) is 3.37. The molecule has 0 aromatic carbocycles. The minimum absolute atomic E-state index is 0.258. The highest BCUT2D eigenvalue weighted by molar-refractivity contribution is 5.08. The van der Waals surface area contributed by atoms with Crippen LogP contribution in [0.15, 0.2) is 24.7 Å². The Kier molecular flexibility index (Phi) is 5.24. The maximum atomic E-state index is 4.55. The van der Waals surface area contributed by atoms with Gasteiger partial charge in [-0.2, -0.15) is 0 Å². The van der Waals surface area contributed by atoms with E-state index in [0.29, 0.717) is 0 Å². The molecule has 0 saturated heterocycles. The first-order chi connectivity index (χ1) is 9.70. The second kappa shape index (κ2) is 7.14. The van der Waals surface area contributed by atoms with E-state index in [1.807, 2.05) is 38.6 Å². The molecular formula is C15H23N5. The van der Waals surface area contributed by atoms with E-state index in [2.05, 4.69) is 31.8 Å². The van der Waals surface area contributed by atoms with E-state index in [4.69, 9.17) is 0 Å². The van der Waals surface area contributed by atoms with Crippen LogP contribution >= 0.6 is 0 Å². The largest absolute Gasteiger partial charge is 0.338 e. The summed E-state index contributed by atoms with van der Waals surface area (Å²) in [6.07, 6.45) is 8.70. The van der Waals surface area contributed by atoms with Crippen LogP contribution < -0.4 is 5.32 Å². The molecule has 0 aliphatic carbocycles. The van der Waals surface area contributed by atoms with Gasteiger partial charge in [-0.15, -0.1) is 0 Å². The summed E-state index contributed by atoms with van der Waals surface area (Å²) in [6, 6.07) is 2.26. The molecule has 2 aromatic heterocycles. The van der Waals surface area contributed by atoms with Gasteiger partial charge in [0, 0.05) is 32.1 Å². The van der Waals surface area contributed by atoms with Gasteiger partial charge >= 0.3 is 0 Å². The highest BCUT2D eigenvalue weighted by Gasteiger charge is 2.13. The monoisotopic (exact) mass is 273 g/mol. The van der Waals surface area contributed by atoms with Crippen LogP contribution in [0.5, 0.6) is 0 Å². The van der Waals surface area contributed by atoms with Crippen LogP contribution in [-0.2, 0) is 13.5 Å². The lowest BCUT2D eigenvalue weighted by Crippen LogP contribution is -2.24. The molecule has 1 N–H and O–H groups in total. The molecule has 0 fully saturated rings. The fraction of sp³-hybridized carbons (Fsp3) is 0.533. The Morgan fingerprint density at radius 2 is 2.15 bits per heavy atom. The van der Waals surface area contributed by atoms with Crippen molar-refractivity contribution in [1.82, 2.24) is 24.8 Å². The predicted molar refractivity (Wildman–Crippen MR) is 79.3 cm³/mol. The average molecular weight is 273 g/mol. The third-order valence-corrected chi connectivity index (χ3v) is 3.37. The van der Waals surface area contributed by atoms with E-state index in [9.17, 15) is 0 Å². The van der Waals surface area contributed by atoms with E-state index >= 15 is 0 Å². The summed E-state index contributed by atoms with van der Waals surface area (Å²) in [5.74, 6) is 1.93. The van der Waals surface area contributed by atoms with Crippen molar-refractivity contribution >= 4 is 0 Å². The van der Waals surface area contributed by atoms with E-state index in [-0.39, 0.29) is 6.04 Å². The standard InChI is InChI=1S/C15H23N5/c1-4-8-17-13(14-7-9-16-12(2)19-14)5-6-15-18-10-11-20(15)3/h7,9-11,13,17H,4-6,8H2,1-3H3. The maximum absolute atomic E-state index is 4.55. The lowest BCUT2D eigenvalue weighted by atomic mass is 10.1. The molecule has 0 bridgehead atoms. The number of nitrogens with zero attached hydrogens (tertiary/aromatic N) is 4. The molecule has 0 amide bonds. The summed E-state index contributed by atoms with van der Waals surface area (Å²) in [5, 5.41) is 3.57. The van der Waals surface area contributed by atoms with Crippen LogP contribution in [0.1, 0.15) is 43.1 Å². The highest BCUT2D eigenvalue weighted by atomic mass is 15.0. The zero-order valence-corrected chi connectivity index (χ0v) is 12.5. The van der Waals surface area contributed by atoms with Gasteiger partial charge in [-0.1, -0.05) is 6.92 Å². The number of hydrogen-bond acceptors (Lipinski definition) is 4. The predicted octanol–water partition coefficient (Wildman–Crippen LogP) is 2.19. The summed E-state index contributed by atoms with van der Waals surface area (Å²) >= 11 is 0. The molecule has 2 rings (SSSR count). The van der Waals surface area contributed by atoms with Gasteiger partial charge in [0.15, 0.2) is 0 Å². The molecule has 20 heavy (non-hydrogen) atoms. The summed E-state index contributed by atoms with van der Waals surface area (Å²) in [5.41, 5.74) is 1.07. The van der Waals surface area contributed by atoms with Gasteiger partial charge in [0.05, 0.1) is 11.7 Å². The Morgan fingerprint density at radius 1 is 1.30 bits per heavy atom. The summed E-state index contributed by atoms with van der Waals surface area (Å²) in [7, 11) is 2.03. The summed E-state index contributed by atoms with van der Waals surface area (Å²) in [6.45, 7) is 5.10. The van der Waals surface area contributed by atoms with Gasteiger partial charge in [0.1, 0.15) is 11.6 Å². The Bertz CT molecular complexity index is 535. The number of hydrogen-bond donors (Lipinski definition) is 1. The molecule has 0 aliphatic rings. The van der Waals surface area contributed by atoms with Gasteiger partial charge in [-0.3, -0.25) is 0 Å². The number of aryl methyl sites for hydroxylation is 3. The first-order valence-electron chi connectivity index (χ1n) is 7.19. The fourth-order valence-electron chi connectivity index (χ4n) is 2.25. The lowest BCUT2D eigenvalue weighted by molar-refractivity contribution is 0.479. The number of rotatable bonds is 7.